The van der Waals surface area contributed by atoms with Crippen LogP contribution in [0.4, 0.5) is 0 Å². The third-order valence-corrected chi connectivity index (χ3v) is 6.62. The Morgan fingerprint density at radius 3 is 2.71 bits per heavy atom. The zero-order chi connectivity index (χ0) is 15.2. The Bertz CT molecular complexity index is 811. The molecule has 1 saturated heterocycles. The highest BCUT2D eigenvalue weighted by Gasteiger charge is 2.30. The van der Waals surface area contributed by atoms with E-state index in [0.717, 1.165) is 0 Å². The van der Waals surface area contributed by atoms with E-state index >= 15 is 0 Å². The number of sulfone groups is 1. The van der Waals surface area contributed by atoms with Gasteiger partial charge in [0.15, 0.2) is 16.1 Å². The van der Waals surface area contributed by atoms with Gasteiger partial charge in [0.2, 0.25) is 0 Å². The molecule has 0 N–H and O–H groups in total. The van der Waals surface area contributed by atoms with Crippen LogP contribution in [0.1, 0.15) is 22.8 Å². The fourth-order valence-corrected chi connectivity index (χ4v) is 5.54. The van der Waals surface area contributed by atoms with Crippen molar-refractivity contribution in [3.63, 3.8) is 0 Å². The summed E-state index contributed by atoms with van der Waals surface area (Å²) < 4.78 is 25.6. The van der Waals surface area contributed by atoms with Gasteiger partial charge in [-0.2, -0.15) is 5.10 Å². The summed E-state index contributed by atoms with van der Waals surface area (Å²) in [5, 5.41) is 4.36. The van der Waals surface area contributed by atoms with E-state index in [0.29, 0.717) is 38.2 Å². The number of carbonyl (C=O) groups is 1. The van der Waals surface area contributed by atoms with Gasteiger partial charge in [0.05, 0.1) is 27.4 Å². The van der Waals surface area contributed by atoms with Crippen molar-refractivity contribution in [3.8, 4) is 11.3 Å². The molecule has 0 aliphatic carbocycles. The molecule has 2 aromatic rings. The number of carbonyl (C=O) groups excluding carboxylic acids is 1. The maximum Gasteiger partial charge on any atom is 0.153 e. The van der Waals surface area contributed by atoms with E-state index in [9.17, 15) is 13.2 Å². The minimum atomic E-state index is -3.02. The van der Waals surface area contributed by atoms with Crippen LogP contribution in [0, 0.1) is 0 Å². The Hall–Kier alpha value is -0.890. The fraction of sp³-hybridized carbons (Fsp3) is 0.333. The van der Waals surface area contributed by atoms with Gasteiger partial charge < -0.3 is 0 Å². The van der Waals surface area contributed by atoms with Crippen LogP contribution in [-0.2, 0) is 9.84 Å². The number of aromatic nitrogens is 2. The number of aldehydes is 1. The second-order valence-corrected chi connectivity index (χ2v) is 9.34. The molecule has 1 fully saturated rings. The molecule has 0 saturated carbocycles. The Morgan fingerprint density at radius 2 is 2.19 bits per heavy atom. The van der Waals surface area contributed by atoms with Crippen molar-refractivity contribution in [2.75, 3.05) is 11.5 Å². The van der Waals surface area contributed by atoms with Crippen molar-refractivity contribution in [3.05, 3.63) is 26.5 Å². The third-order valence-electron chi connectivity index (χ3n) is 3.38. The van der Waals surface area contributed by atoms with Crippen molar-refractivity contribution in [2.24, 2.45) is 0 Å². The summed E-state index contributed by atoms with van der Waals surface area (Å²) in [6.07, 6.45) is 2.75. The number of nitrogens with zero attached hydrogens (tertiary/aromatic N) is 2. The maximum absolute atomic E-state index is 11.6. The summed E-state index contributed by atoms with van der Waals surface area (Å²) in [6, 6.07) is 1.41. The second-order valence-electron chi connectivity index (χ2n) is 4.83. The van der Waals surface area contributed by atoms with E-state index in [1.54, 1.807) is 16.9 Å². The van der Waals surface area contributed by atoms with Gasteiger partial charge in [0.25, 0.3) is 0 Å². The highest BCUT2D eigenvalue weighted by Crippen LogP contribution is 2.39. The second kappa shape index (κ2) is 5.39. The molecular formula is C12H10Cl2N2O3S2. The Morgan fingerprint density at radius 1 is 1.43 bits per heavy atom. The van der Waals surface area contributed by atoms with E-state index in [4.69, 9.17) is 23.2 Å². The van der Waals surface area contributed by atoms with Gasteiger partial charge in [0, 0.05) is 11.8 Å². The summed E-state index contributed by atoms with van der Waals surface area (Å²) in [5.74, 6) is 0.193. The maximum atomic E-state index is 11.6. The van der Waals surface area contributed by atoms with Gasteiger partial charge >= 0.3 is 0 Å². The minimum Gasteiger partial charge on any atom is -0.298 e. The molecule has 2 aromatic heterocycles. The SMILES string of the molecule is O=Cc1cn(C2CCS(=O)(=O)C2)nc1-c1cc(Cl)sc1Cl. The number of halogens is 2. The molecule has 3 heterocycles. The zero-order valence-electron chi connectivity index (χ0n) is 10.6. The average molecular weight is 365 g/mol. The van der Waals surface area contributed by atoms with Crippen molar-refractivity contribution >= 4 is 50.7 Å². The summed E-state index contributed by atoms with van der Waals surface area (Å²) in [4.78, 5) is 11.2. The number of thiophene rings is 1. The molecule has 0 amide bonds. The monoisotopic (exact) mass is 364 g/mol. The van der Waals surface area contributed by atoms with Crippen LogP contribution >= 0.6 is 34.5 Å². The smallest absolute Gasteiger partial charge is 0.153 e. The standard InChI is InChI=1S/C12H10Cl2N2O3S2/c13-10-3-9(12(14)20-10)11-7(5-17)4-16(15-11)8-1-2-21(18,19)6-8/h3-5,8H,1-2,6H2. The van der Waals surface area contributed by atoms with Crippen LogP contribution in [0.15, 0.2) is 12.3 Å². The summed E-state index contributed by atoms with van der Waals surface area (Å²) in [6.45, 7) is 0. The summed E-state index contributed by atoms with van der Waals surface area (Å²) in [7, 11) is -3.02. The van der Waals surface area contributed by atoms with Gasteiger partial charge in [-0.25, -0.2) is 8.42 Å². The molecule has 3 rings (SSSR count). The van der Waals surface area contributed by atoms with E-state index in [-0.39, 0.29) is 17.5 Å². The molecule has 0 spiro atoms. The molecule has 0 aromatic carbocycles. The third kappa shape index (κ3) is 2.88. The van der Waals surface area contributed by atoms with Gasteiger partial charge in [-0.3, -0.25) is 9.48 Å². The van der Waals surface area contributed by atoms with Crippen LogP contribution in [-0.4, -0.2) is 36.0 Å². The normalized spacial score (nSPS) is 20.8. The van der Waals surface area contributed by atoms with Crippen molar-refractivity contribution < 1.29 is 13.2 Å². The predicted octanol–water partition coefficient (Wildman–Crippen LogP) is 3.09. The van der Waals surface area contributed by atoms with E-state index in [2.05, 4.69) is 5.10 Å². The van der Waals surface area contributed by atoms with E-state index < -0.39 is 9.84 Å². The quantitative estimate of drug-likeness (QED) is 0.784. The van der Waals surface area contributed by atoms with Crippen LogP contribution in [0.3, 0.4) is 0 Å². The van der Waals surface area contributed by atoms with Crippen LogP contribution in [0.25, 0.3) is 11.3 Å². The lowest BCUT2D eigenvalue weighted by Gasteiger charge is -2.07. The lowest BCUT2D eigenvalue weighted by atomic mass is 10.2. The molecule has 5 nitrogen and oxygen atoms in total. The largest absolute Gasteiger partial charge is 0.298 e. The molecule has 0 bridgehead atoms. The Balaban J connectivity index is 2.03. The van der Waals surface area contributed by atoms with Crippen molar-refractivity contribution in [1.82, 2.24) is 9.78 Å². The lowest BCUT2D eigenvalue weighted by Crippen LogP contribution is -2.11. The Kier molecular flexibility index (Phi) is 3.85. The molecule has 1 aliphatic rings. The predicted molar refractivity (Wildman–Crippen MR) is 83.3 cm³/mol. The first-order chi connectivity index (χ1) is 9.89. The topological polar surface area (TPSA) is 69.0 Å². The molecule has 0 radical (unpaired) electrons. The van der Waals surface area contributed by atoms with Gasteiger partial charge in [-0.05, 0) is 12.5 Å². The molecular weight excluding hydrogens is 355 g/mol. The van der Waals surface area contributed by atoms with Gasteiger partial charge in [-0.1, -0.05) is 23.2 Å². The number of rotatable bonds is 3. The molecule has 9 heteroatoms. The van der Waals surface area contributed by atoms with Crippen molar-refractivity contribution in [2.45, 2.75) is 12.5 Å². The highest BCUT2D eigenvalue weighted by atomic mass is 35.5. The van der Waals surface area contributed by atoms with Crippen LogP contribution in [0.5, 0.6) is 0 Å². The summed E-state index contributed by atoms with van der Waals surface area (Å²) in [5.41, 5.74) is 1.39. The molecule has 1 unspecified atom stereocenters. The first kappa shape index (κ1) is 15.0. The molecule has 112 valence electrons. The summed E-state index contributed by atoms with van der Waals surface area (Å²) >= 11 is 13.2. The molecule has 21 heavy (non-hydrogen) atoms. The fourth-order valence-electron chi connectivity index (χ4n) is 2.37. The van der Waals surface area contributed by atoms with Crippen molar-refractivity contribution in [1.29, 1.82) is 0 Å². The lowest BCUT2D eigenvalue weighted by molar-refractivity contribution is 0.112. The zero-order valence-corrected chi connectivity index (χ0v) is 13.8. The average Bonchev–Trinajstić information content (AvgIpc) is 3.06. The first-order valence-corrected chi connectivity index (χ1v) is 9.49. The van der Waals surface area contributed by atoms with Gasteiger partial charge in [-0.15, -0.1) is 11.3 Å². The molecule has 1 atom stereocenters. The highest BCUT2D eigenvalue weighted by molar-refractivity contribution is 7.91. The van der Waals surface area contributed by atoms with Crippen LogP contribution in [0.2, 0.25) is 8.67 Å². The van der Waals surface area contributed by atoms with Crippen LogP contribution < -0.4 is 0 Å². The van der Waals surface area contributed by atoms with E-state index in [1.807, 2.05) is 0 Å². The number of hydrogen-bond acceptors (Lipinski definition) is 5. The minimum absolute atomic E-state index is 0.0462. The Labute approximate surface area is 135 Å². The van der Waals surface area contributed by atoms with E-state index in [1.165, 1.54) is 11.3 Å². The molecule has 1 aliphatic heterocycles. The van der Waals surface area contributed by atoms with Gasteiger partial charge in [0.1, 0.15) is 10.0 Å². The number of hydrogen-bond donors (Lipinski definition) is 0. The first-order valence-electron chi connectivity index (χ1n) is 6.09.